The van der Waals surface area contributed by atoms with Crippen molar-refractivity contribution in [1.29, 1.82) is 0 Å². The maximum atomic E-state index is 6.19. The normalized spacial score (nSPS) is 21.7. The minimum atomic E-state index is 0.382. The Morgan fingerprint density at radius 3 is 2.77 bits per heavy atom. The van der Waals surface area contributed by atoms with Crippen LogP contribution in [0.2, 0.25) is 0 Å². The van der Waals surface area contributed by atoms with Crippen molar-refractivity contribution in [2.75, 3.05) is 37.8 Å². The van der Waals surface area contributed by atoms with Gasteiger partial charge in [0, 0.05) is 41.2 Å². The molecule has 1 unspecified atom stereocenters. The van der Waals surface area contributed by atoms with Gasteiger partial charge in [-0.2, -0.15) is 0 Å². The monoisotopic (exact) mass is 418 g/mol. The average Bonchev–Trinajstić information content (AvgIpc) is 3.16. The summed E-state index contributed by atoms with van der Waals surface area (Å²) in [6.45, 7) is 9.01. The zero-order chi connectivity index (χ0) is 18.1. The van der Waals surface area contributed by atoms with Gasteiger partial charge < -0.3 is 14.4 Å². The Morgan fingerprint density at radius 1 is 1.23 bits per heavy atom. The summed E-state index contributed by atoms with van der Waals surface area (Å²) in [4.78, 5) is 7.30. The van der Waals surface area contributed by atoms with Crippen molar-refractivity contribution in [2.24, 2.45) is 5.92 Å². The van der Waals surface area contributed by atoms with Crippen LogP contribution < -0.4 is 4.90 Å². The van der Waals surface area contributed by atoms with Gasteiger partial charge in [-0.1, -0.05) is 15.9 Å². The van der Waals surface area contributed by atoms with Gasteiger partial charge in [0.15, 0.2) is 0 Å². The van der Waals surface area contributed by atoms with Crippen molar-refractivity contribution < 1.29 is 9.47 Å². The second-order valence-electron chi connectivity index (χ2n) is 7.58. The summed E-state index contributed by atoms with van der Waals surface area (Å²) in [7, 11) is 0. The predicted octanol–water partition coefficient (Wildman–Crippen LogP) is 4.64. The highest BCUT2D eigenvalue weighted by Gasteiger charge is 2.25. The van der Waals surface area contributed by atoms with Crippen molar-refractivity contribution >= 4 is 32.5 Å². The fourth-order valence-electron chi connectivity index (χ4n) is 4.07. The van der Waals surface area contributed by atoms with Crippen molar-refractivity contribution in [2.45, 2.75) is 39.2 Å². The van der Waals surface area contributed by atoms with Gasteiger partial charge in [-0.3, -0.25) is 4.98 Å². The number of ether oxygens (including phenoxy) is 2. The molecule has 0 aliphatic carbocycles. The van der Waals surface area contributed by atoms with Gasteiger partial charge in [-0.05, 0) is 56.9 Å². The van der Waals surface area contributed by atoms with Crippen LogP contribution in [0.25, 0.3) is 10.9 Å². The largest absolute Gasteiger partial charge is 0.381 e. The lowest BCUT2D eigenvalue weighted by Crippen LogP contribution is -2.38. The summed E-state index contributed by atoms with van der Waals surface area (Å²) < 4.78 is 12.7. The number of benzene rings is 1. The first kappa shape index (κ1) is 18.2. The van der Waals surface area contributed by atoms with E-state index in [1.807, 2.05) is 0 Å². The van der Waals surface area contributed by atoms with E-state index < -0.39 is 0 Å². The van der Waals surface area contributed by atoms with E-state index in [9.17, 15) is 0 Å². The summed E-state index contributed by atoms with van der Waals surface area (Å²) in [5.41, 5.74) is 4.83. The SMILES string of the molecule is Cc1nc2ccc(Br)cc2c(N2CCC(OCC3CCOC3)CC2)c1C. The first-order valence-corrected chi connectivity index (χ1v) is 10.4. The maximum absolute atomic E-state index is 6.19. The third kappa shape index (κ3) is 3.75. The van der Waals surface area contributed by atoms with E-state index in [-0.39, 0.29) is 0 Å². The second kappa shape index (κ2) is 7.83. The molecule has 4 rings (SSSR count). The van der Waals surface area contributed by atoms with Crippen molar-refractivity contribution in [3.05, 3.63) is 33.9 Å². The minimum Gasteiger partial charge on any atom is -0.381 e. The maximum Gasteiger partial charge on any atom is 0.0727 e. The highest BCUT2D eigenvalue weighted by molar-refractivity contribution is 9.10. The quantitative estimate of drug-likeness (QED) is 0.724. The average molecular weight is 419 g/mol. The molecular weight excluding hydrogens is 392 g/mol. The highest BCUT2D eigenvalue weighted by atomic mass is 79.9. The van der Waals surface area contributed by atoms with Gasteiger partial charge in [-0.25, -0.2) is 0 Å². The summed E-state index contributed by atoms with van der Waals surface area (Å²) in [6.07, 6.45) is 3.70. The van der Waals surface area contributed by atoms with E-state index in [2.05, 4.69) is 52.9 Å². The van der Waals surface area contributed by atoms with Crippen LogP contribution in [0.5, 0.6) is 0 Å². The molecule has 2 saturated heterocycles. The van der Waals surface area contributed by atoms with Gasteiger partial charge in [0.2, 0.25) is 0 Å². The number of anilines is 1. The first-order chi connectivity index (χ1) is 12.6. The number of pyridine rings is 1. The topological polar surface area (TPSA) is 34.6 Å². The van der Waals surface area contributed by atoms with Crippen LogP contribution in [-0.4, -0.2) is 44.0 Å². The third-order valence-electron chi connectivity index (χ3n) is 5.75. The van der Waals surface area contributed by atoms with Gasteiger partial charge in [0.1, 0.15) is 0 Å². The smallest absolute Gasteiger partial charge is 0.0727 e. The Balaban J connectivity index is 1.48. The molecule has 26 heavy (non-hydrogen) atoms. The molecule has 0 radical (unpaired) electrons. The van der Waals surface area contributed by atoms with Crippen molar-refractivity contribution in [3.63, 3.8) is 0 Å². The molecule has 2 aliphatic rings. The molecule has 1 atom stereocenters. The highest BCUT2D eigenvalue weighted by Crippen LogP contribution is 2.35. The van der Waals surface area contributed by atoms with Crippen LogP contribution >= 0.6 is 15.9 Å². The molecule has 0 bridgehead atoms. The number of hydrogen-bond acceptors (Lipinski definition) is 4. The van der Waals surface area contributed by atoms with E-state index in [1.54, 1.807) is 0 Å². The molecular formula is C21H27BrN2O2. The van der Waals surface area contributed by atoms with E-state index in [1.165, 1.54) is 16.6 Å². The fraction of sp³-hybridized carbons (Fsp3) is 0.571. The number of rotatable bonds is 4. The number of aryl methyl sites for hydroxylation is 1. The number of hydrogen-bond donors (Lipinski definition) is 0. The van der Waals surface area contributed by atoms with Crippen LogP contribution in [0, 0.1) is 19.8 Å². The van der Waals surface area contributed by atoms with Gasteiger partial charge in [-0.15, -0.1) is 0 Å². The Morgan fingerprint density at radius 2 is 2.04 bits per heavy atom. The van der Waals surface area contributed by atoms with E-state index in [4.69, 9.17) is 14.5 Å². The number of aromatic nitrogens is 1. The molecule has 0 amide bonds. The Kier molecular flexibility index (Phi) is 5.48. The number of halogens is 1. The lowest BCUT2D eigenvalue weighted by molar-refractivity contribution is 0.0132. The lowest BCUT2D eigenvalue weighted by Gasteiger charge is -2.35. The van der Waals surface area contributed by atoms with E-state index in [0.29, 0.717) is 12.0 Å². The van der Waals surface area contributed by atoms with E-state index in [0.717, 1.165) is 67.9 Å². The predicted molar refractivity (Wildman–Crippen MR) is 109 cm³/mol. The molecule has 2 aromatic rings. The van der Waals surface area contributed by atoms with Crippen molar-refractivity contribution in [3.8, 4) is 0 Å². The molecule has 0 saturated carbocycles. The Hall–Kier alpha value is -1.17. The first-order valence-electron chi connectivity index (χ1n) is 9.62. The number of fused-ring (bicyclic) bond motifs is 1. The van der Waals surface area contributed by atoms with Crippen LogP contribution in [-0.2, 0) is 9.47 Å². The van der Waals surface area contributed by atoms with Gasteiger partial charge in [0.05, 0.1) is 30.5 Å². The molecule has 1 aromatic heterocycles. The lowest BCUT2D eigenvalue weighted by atomic mass is 10.0. The molecule has 1 aromatic carbocycles. The molecule has 5 heteroatoms. The summed E-state index contributed by atoms with van der Waals surface area (Å²) in [6, 6.07) is 6.38. The zero-order valence-corrected chi connectivity index (χ0v) is 17.2. The van der Waals surface area contributed by atoms with Gasteiger partial charge in [0.25, 0.3) is 0 Å². The van der Waals surface area contributed by atoms with Crippen LogP contribution in [0.1, 0.15) is 30.5 Å². The van der Waals surface area contributed by atoms with Gasteiger partial charge >= 0.3 is 0 Å². The third-order valence-corrected chi connectivity index (χ3v) is 6.24. The molecule has 3 heterocycles. The molecule has 4 nitrogen and oxygen atoms in total. The second-order valence-corrected chi connectivity index (χ2v) is 8.50. The number of nitrogens with zero attached hydrogens (tertiary/aromatic N) is 2. The zero-order valence-electron chi connectivity index (χ0n) is 15.6. The molecule has 140 valence electrons. The molecule has 0 spiro atoms. The molecule has 2 aliphatic heterocycles. The van der Waals surface area contributed by atoms with E-state index >= 15 is 0 Å². The molecule has 2 fully saturated rings. The van der Waals surface area contributed by atoms with Crippen LogP contribution in [0.15, 0.2) is 22.7 Å². The fourth-order valence-corrected chi connectivity index (χ4v) is 4.43. The Bertz CT molecular complexity index is 781. The van der Waals surface area contributed by atoms with Crippen LogP contribution in [0.4, 0.5) is 5.69 Å². The standard InChI is InChI=1S/C21H27BrN2O2/c1-14-15(2)23-20-4-3-17(22)11-19(20)21(14)24-8-5-18(6-9-24)26-13-16-7-10-25-12-16/h3-4,11,16,18H,5-10,12-13H2,1-2H3. The summed E-state index contributed by atoms with van der Waals surface area (Å²) in [5.74, 6) is 0.597. The molecule has 0 N–H and O–H groups in total. The van der Waals surface area contributed by atoms with Crippen molar-refractivity contribution in [1.82, 2.24) is 4.98 Å². The minimum absolute atomic E-state index is 0.382. The summed E-state index contributed by atoms with van der Waals surface area (Å²) >= 11 is 3.62. The Labute approximate surface area is 164 Å². The van der Waals surface area contributed by atoms with Crippen LogP contribution in [0.3, 0.4) is 0 Å². The number of piperidine rings is 1. The summed E-state index contributed by atoms with van der Waals surface area (Å²) in [5, 5.41) is 1.24.